The molecule has 0 radical (unpaired) electrons. The van der Waals surface area contributed by atoms with Crippen molar-refractivity contribution < 1.29 is 0 Å². The van der Waals surface area contributed by atoms with Crippen LogP contribution in [0.5, 0.6) is 0 Å². The Bertz CT molecular complexity index is 375. The maximum absolute atomic E-state index is 8.47. The zero-order valence-corrected chi connectivity index (χ0v) is 9.63. The molecule has 0 N–H and O–H groups in total. The Balaban J connectivity index is 2.06. The summed E-state index contributed by atoms with van der Waals surface area (Å²) in [6.07, 6.45) is 3.07. The van der Waals surface area contributed by atoms with Crippen LogP contribution >= 0.6 is 11.8 Å². The topological polar surface area (TPSA) is 54.5 Å². The Kier molecular flexibility index (Phi) is 3.27. The van der Waals surface area contributed by atoms with Gasteiger partial charge in [-0.2, -0.15) is 5.26 Å². The van der Waals surface area contributed by atoms with Crippen molar-refractivity contribution >= 4 is 11.8 Å². The minimum atomic E-state index is 0.569. The minimum absolute atomic E-state index is 0.569. The minimum Gasteiger partial charge on any atom is -0.306 e. The summed E-state index contributed by atoms with van der Waals surface area (Å²) >= 11 is 1.63. The Morgan fingerprint density at radius 1 is 1.53 bits per heavy atom. The summed E-state index contributed by atoms with van der Waals surface area (Å²) in [6.45, 7) is 3.04. The number of rotatable bonds is 5. The first kappa shape index (κ1) is 10.5. The number of hydrogen-bond acceptors (Lipinski definition) is 4. The first-order valence-corrected chi connectivity index (χ1v) is 6.28. The quantitative estimate of drug-likeness (QED) is 0.566. The molecule has 0 amide bonds. The smallest absolute Gasteiger partial charge is 0.191 e. The molecule has 1 aromatic heterocycles. The summed E-state index contributed by atoms with van der Waals surface area (Å²) in [6, 6.07) is 2.14. The van der Waals surface area contributed by atoms with E-state index in [1.807, 2.05) is 0 Å². The average molecular weight is 222 g/mol. The molecule has 0 aromatic carbocycles. The molecule has 0 spiro atoms. The predicted octanol–water partition coefficient (Wildman–Crippen LogP) is 2.18. The van der Waals surface area contributed by atoms with Gasteiger partial charge in [0.05, 0.1) is 6.07 Å². The molecule has 4 nitrogen and oxygen atoms in total. The molecule has 5 heteroatoms. The van der Waals surface area contributed by atoms with Gasteiger partial charge in [0.25, 0.3) is 0 Å². The van der Waals surface area contributed by atoms with E-state index in [4.69, 9.17) is 5.26 Å². The highest BCUT2D eigenvalue weighted by Gasteiger charge is 2.29. The lowest BCUT2D eigenvalue weighted by Gasteiger charge is -2.04. The average Bonchev–Trinajstić information content (AvgIpc) is 3.01. The molecular formula is C10H14N4S. The van der Waals surface area contributed by atoms with Gasteiger partial charge in [-0.15, -0.1) is 10.2 Å². The first-order valence-electron chi connectivity index (χ1n) is 5.29. The second kappa shape index (κ2) is 4.67. The normalized spacial score (nSPS) is 15.2. The van der Waals surface area contributed by atoms with Crippen LogP contribution in [-0.4, -0.2) is 20.5 Å². The van der Waals surface area contributed by atoms with Crippen molar-refractivity contribution in [2.45, 2.75) is 43.8 Å². The van der Waals surface area contributed by atoms with Crippen LogP contribution in [0.2, 0.25) is 0 Å². The molecule has 1 aliphatic carbocycles. The number of hydrogen-bond donors (Lipinski definition) is 0. The van der Waals surface area contributed by atoms with Gasteiger partial charge in [-0.3, -0.25) is 0 Å². The lowest BCUT2D eigenvalue weighted by atomic mass is 10.4. The molecule has 1 aromatic rings. The van der Waals surface area contributed by atoms with Crippen molar-refractivity contribution in [3.63, 3.8) is 0 Å². The monoisotopic (exact) mass is 222 g/mol. The summed E-state index contributed by atoms with van der Waals surface area (Å²) in [5.74, 6) is 2.58. The standard InChI is InChI=1S/C10H14N4S/c1-2-14-9(8-4-5-8)12-13-10(14)15-7-3-6-11/h8H,2-5,7H2,1H3. The zero-order valence-electron chi connectivity index (χ0n) is 8.81. The van der Waals surface area contributed by atoms with Crippen LogP contribution in [0.15, 0.2) is 5.16 Å². The number of thioether (sulfide) groups is 1. The number of aromatic nitrogens is 3. The molecule has 0 aliphatic heterocycles. The van der Waals surface area contributed by atoms with Gasteiger partial charge in [0, 0.05) is 24.6 Å². The Hall–Kier alpha value is -1.02. The third-order valence-corrected chi connectivity index (χ3v) is 3.42. The number of nitriles is 1. The lowest BCUT2D eigenvalue weighted by molar-refractivity contribution is 0.643. The van der Waals surface area contributed by atoms with Crippen molar-refractivity contribution in [2.24, 2.45) is 0 Å². The van der Waals surface area contributed by atoms with E-state index in [1.54, 1.807) is 11.8 Å². The molecule has 0 atom stereocenters. The number of nitrogens with zero attached hydrogens (tertiary/aromatic N) is 4. The van der Waals surface area contributed by atoms with Crippen molar-refractivity contribution in [3.05, 3.63) is 5.82 Å². The van der Waals surface area contributed by atoms with E-state index in [9.17, 15) is 0 Å². The van der Waals surface area contributed by atoms with Crippen LogP contribution in [0.1, 0.15) is 37.9 Å². The van der Waals surface area contributed by atoms with E-state index in [0.29, 0.717) is 12.3 Å². The van der Waals surface area contributed by atoms with E-state index >= 15 is 0 Å². The molecule has 1 fully saturated rings. The highest BCUT2D eigenvalue weighted by atomic mass is 32.2. The van der Waals surface area contributed by atoms with Crippen LogP contribution < -0.4 is 0 Å². The molecule has 15 heavy (non-hydrogen) atoms. The largest absolute Gasteiger partial charge is 0.306 e. The van der Waals surface area contributed by atoms with Crippen molar-refractivity contribution in [3.8, 4) is 6.07 Å². The predicted molar refractivity (Wildman–Crippen MR) is 58.6 cm³/mol. The Morgan fingerprint density at radius 3 is 2.93 bits per heavy atom. The summed E-state index contributed by atoms with van der Waals surface area (Å²) < 4.78 is 2.18. The summed E-state index contributed by atoms with van der Waals surface area (Å²) in [5, 5.41) is 17.9. The molecule has 0 saturated heterocycles. The van der Waals surface area contributed by atoms with E-state index < -0.39 is 0 Å². The summed E-state index contributed by atoms with van der Waals surface area (Å²) in [5.41, 5.74) is 0. The van der Waals surface area contributed by atoms with E-state index in [-0.39, 0.29) is 0 Å². The van der Waals surface area contributed by atoms with Crippen LogP contribution in [0.25, 0.3) is 0 Å². The van der Waals surface area contributed by atoms with Gasteiger partial charge in [0.15, 0.2) is 5.16 Å². The van der Waals surface area contributed by atoms with Crippen LogP contribution in [0, 0.1) is 11.3 Å². The second-order valence-corrected chi connectivity index (χ2v) is 4.68. The SMILES string of the molecule is CCn1c(SCCC#N)nnc1C1CC1. The highest BCUT2D eigenvalue weighted by Crippen LogP contribution is 2.39. The van der Waals surface area contributed by atoms with Crippen molar-refractivity contribution in [1.29, 1.82) is 5.26 Å². The molecule has 2 rings (SSSR count). The van der Waals surface area contributed by atoms with Gasteiger partial charge in [-0.1, -0.05) is 11.8 Å². The third kappa shape index (κ3) is 2.32. The fraction of sp³-hybridized carbons (Fsp3) is 0.700. The molecular weight excluding hydrogens is 208 g/mol. The maximum Gasteiger partial charge on any atom is 0.191 e. The van der Waals surface area contributed by atoms with Crippen molar-refractivity contribution in [2.75, 3.05) is 5.75 Å². The lowest BCUT2D eigenvalue weighted by Crippen LogP contribution is -2.02. The van der Waals surface area contributed by atoms with E-state index in [1.165, 1.54) is 12.8 Å². The first-order chi connectivity index (χ1) is 7.36. The Morgan fingerprint density at radius 2 is 2.33 bits per heavy atom. The fourth-order valence-electron chi connectivity index (χ4n) is 1.54. The second-order valence-electron chi connectivity index (χ2n) is 3.62. The molecule has 1 aliphatic rings. The maximum atomic E-state index is 8.47. The fourth-order valence-corrected chi connectivity index (χ4v) is 2.39. The van der Waals surface area contributed by atoms with Gasteiger partial charge in [0.2, 0.25) is 0 Å². The molecule has 1 heterocycles. The van der Waals surface area contributed by atoms with Crippen molar-refractivity contribution in [1.82, 2.24) is 14.8 Å². The zero-order chi connectivity index (χ0) is 10.7. The van der Waals surface area contributed by atoms with Gasteiger partial charge in [-0.05, 0) is 19.8 Å². The van der Waals surface area contributed by atoms with E-state index in [0.717, 1.165) is 23.3 Å². The van der Waals surface area contributed by atoms with Crippen LogP contribution in [0.4, 0.5) is 0 Å². The van der Waals surface area contributed by atoms with Gasteiger partial charge >= 0.3 is 0 Å². The van der Waals surface area contributed by atoms with Gasteiger partial charge in [-0.25, -0.2) is 0 Å². The highest BCUT2D eigenvalue weighted by molar-refractivity contribution is 7.99. The van der Waals surface area contributed by atoms with Gasteiger partial charge < -0.3 is 4.57 Å². The van der Waals surface area contributed by atoms with Crippen LogP contribution in [-0.2, 0) is 6.54 Å². The molecule has 0 unspecified atom stereocenters. The van der Waals surface area contributed by atoms with E-state index in [2.05, 4.69) is 27.8 Å². The Labute approximate surface area is 93.7 Å². The third-order valence-electron chi connectivity index (χ3n) is 2.45. The molecule has 80 valence electrons. The summed E-state index contributed by atoms with van der Waals surface area (Å²) in [4.78, 5) is 0. The molecule has 1 saturated carbocycles. The van der Waals surface area contributed by atoms with Gasteiger partial charge in [0.1, 0.15) is 5.82 Å². The van der Waals surface area contributed by atoms with Crippen LogP contribution in [0.3, 0.4) is 0 Å². The summed E-state index contributed by atoms with van der Waals surface area (Å²) in [7, 11) is 0. The molecule has 0 bridgehead atoms.